The van der Waals surface area contributed by atoms with Gasteiger partial charge in [-0.2, -0.15) is 11.8 Å². The number of nitrogens with one attached hydrogen (secondary N) is 1. The summed E-state index contributed by atoms with van der Waals surface area (Å²) in [5.74, 6) is 2.33. The summed E-state index contributed by atoms with van der Waals surface area (Å²) in [6.45, 7) is 5.18. The highest BCUT2D eigenvalue weighted by Crippen LogP contribution is 2.01. The van der Waals surface area contributed by atoms with E-state index in [1.54, 1.807) is 18.6 Å². The van der Waals surface area contributed by atoms with Gasteiger partial charge in [0.15, 0.2) is 0 Å². The van der Waals surface area contributed by atoms with Crippen molar-refractivity contribution in [2.45, 2.75) is 26.4 Å². The van der Waals surface area contributed by atoms with Gasteiger partial charge in [0.25, 0.3) is 0 Å². The standard InChI is InChI=1S/C10H17N3S/c1-3-14-8-9(2)13-7-10-6-11-4-5-12-10/h4-6,9,13H,3,7-8H2,1-2H3. The molecule has 0 aromatic carbocycles. The SMILES string of the molecule is CCSCC(C)NCc1cnccn1. The van der Waals surface area contributed by atoms with Gasteiger partial charge in [0.1, 0.15) is 0 Å². The van der Waals surface area contributed by atoms with Gasteiger partial charge in [-0.25, -0.2) is 0 Å². The molecule has 1 aromatic heterocycles. The molecule has 0 amide bonds. The molecular formula is C10H17N3S. The van der Waals surface area contributed by atoms with E-state index in [0.29, 0.717) is 6.04 Å². The molecule has 1 atom stereocenters. The minimum absolute atomic E-state index is 0.530. The van der Waals surface area contributed by atoms with Crippen LogP contribution in [0.15, 0.2) is 18.6 Å². The van der Waals surface area contributed by atoms with E-state index in [-0.39, 0.29) is 0 Å². The van der Waals surface area contributed by atoms with Crippen LogP contribution >= 0.6 is 11.8 Å². The van der Waals surface area contributed by atoms with E-state index in [0.717, 1.165) is 18.0 Å². The zero-order chi connectivity index (χ0) is 10.2. The molecule has 1 unspecified atom stereocenters. The Balaban J connectivity index is 2.20. The summed E-state index contributed by atoms with van der Waals surface area (Å²) in [7, 11) is 0. The third-order valence-corrected chi connectivity index (χ3v) is 2.96. The molecule has 0 aliphatic rings. The molecule has 0 fully saturated rings. The van der Waals surface area contributed by atoms with Gasteiger partial charge in [-0.3, -0.25) is 9.97 Å². The van der Waals surface area contributed by atoms with E-state index in [2.05, 4.69) is 29.1 Å². The molecule has 1 heterocycles. The number of hydrogen-bond acceptors (Lipinski definition) is 4. The maximum absolute atomic E-state index is 4.20. The molecule has 1 rings (SSSR count). The summed E-state index contributed by atoms with van der Waals surface area (Å²) in [5.41, 5.74) is 1.00. The Hall–Kier alpha value is -0.610. The molecule has 1 aromatic rings. The molecule has 0 radical (unpaired) electrons. The van der Waals surface area contributed by atoms with Crippen molar-refractivity contribution in [2.75, 3.05) is 11.5 Å². The Morgan fingerprint density at radius 1 is 1.50 bits per heavy atom. The molecule has 0 bridgehead atoms. The highest BCUT2D eigenvalue weighted by Gasteiger charge is 2.00. The summed E-state index contributed by atoms with van der Waals surface area (Å²) in [6, 6.07) is 0.530. The van der Waals surface area contributed by atoms with Gasteiger partial charge in [-0.05, 0) is 12.7 Å². The first-order chi connectivity index (χ1) is 6.83. The second-order valence-electron chi connectivity index (χ2n) is 3.14. The minimum Gasteiger partial charge on any atom is -0.308 e. The Kier molecular flexibility index (Phi) is 5.56. The average Bonchev–Trinajstić information content (AvgIpc) is 2.25. The molecule has 0 aliphatic heterocycles. The van der Waals surface area contributed by atoms with Crippen LogP contribution in [0.2, 0.25) is 0 Å². The molecule has 0 saturated heterocycles. The maximum Gasteiger partial charge on any atom is 0.0724 e. The first-order valence-corrected chi connectivity index (χ1v) is 6.04. The van der Waals surface area contributed by atoms with Crippen LogP contribution in [-0.4, -0.2) is 27.5 Å². The smallest absolute Gasteiger partial charge is 0.0724 e. The number of thioether (sulfide) groups is 1. The normalized spacial score (nSPS) is 12.7. The fourth-order valence-corrected chi connectivity index (χ4v) is 1.76. The van der Waals surface area contributed by atoms with Gasteiger partial charge in [0.2, 0.25) is 0 Å². The summed E-state index contributed by atoms with van der Waals surface area (Å²) >= 11 is 1.95. The zero-order valence-corrected chi connectivity index (χ0v) is 9.55. The Morgan fingerprint density at radius 3 is 3.00 bits per heavy atom. The number of rotatable bonds is 6. The van der Waals surface area contributed by atoms with E-state index in [1.807, 2.05) is 11.8 Å². The lowest BCUT2D eigenvalue weighted by Crippen LogP contribution is -2.28. The predicted molar refractivity (Wildman–Crippen MR) is 61.3 cm³/mol. The maximum atomic E-state index is 4.20. The monoisotopic (exact) mass is 211 g/mol. The molecule has 4 heteroatoms. The third-order valence-electron chi connectivity index (χ3n) is 1.82. The van der Waals surface area contributed by atoms with Crippen LogP contribution in [0.4, 0.5) is 0 Å². The molecule has 78 valence electrons. The van der Waals surface area contributed by atoms with Crippen LogP contribution in [0.3, 0.4) is 0 Å². The van der Waals surface area contributed by atoms with Crippen molar-refractivity contribution in [2.24, 2.45) is 0 Å². The van der Waals surface area contributed by atoms with Crippen molar-refractivity contribution in [3.8, 4) is 0 Å². The van der Waals surface area contributed by atoms with E-state index < -0.39 is 0 Å². The topological polar surface area (TPSA) is 37.8 Å². The summed E-state index contributed by atoms with van der Waals surface area (Å²) in [6.07, 6.45) is 5.22. The lowest BCUT2D eigenvalue weighted by molar-refractivity contribution is 0.587. The first kappa shape index (κ1) is 11.5. The largest absolute Gasteiger partial charge is 0.308 e. The zero-order valence-electron chi connectivity index (χ0n) is 8.73. The van der Waals surface area contributed by atoms with Gasteiger partial charge in [-0.1, -0.05) is 6.92 Å². The van der Waals surface area contributed by atoms with Crippen molar-refractivity contribution in [1.82, 2.24) is 15.3 Å². The Labute approximate surface area is 89.7 Å². The summed E-state index contributed by atoms with van der Waals surface area (Å²) in [4.78, 5) is 8.22. The third kappa shape index (κ3) is 4.58. The molecule has 0 saturated carbocycles. The number of aromatic nitrogens is 2. The van der Waals surface area contributed by atoms with Crippen LogP contribution in [-0.2, 0) is 6.54 Å². The second-order valence-corrected chi connectivity index (χ2v) is 4.46. The first-order valence-electron chi connectivity index (χ1n) is 4.89. The van der Waals surface area contributed by atoms with Crippen LogP contribution in [0.25, 0.3) is 0 Å². The average molecular weight is 211 g/mol. The molecule has 3 nitrogen and oxygen atoms in total. The van der Waals surface area contributed by atoms with Gasteiger partial charge >= 0.3 is 0 Å². The summed E-state index contributed by atoms with van der Waals surface area (Å²) in [5, 5.41) is 3.41. The number of nitrogens with zero attached hydrogens (tertiary/aromatic N) is 2. The lowest BCUT2D eigenvalue weighted by Gasteiger charge is -2.11. The molecule has 1 N–H and O–H groups in total. The van der Waals surface area contributed by atoms with Gasteiger partial charge in [0, 0.05) is 36.9 Å². The molecule has 0 spiro atoms. The van der Waals surface area contributed by atoms with Crippen LogP contribution in [0.1, 0.15) is 19.5 Å². The highest BCUT2D eigenvalue weighted by atomic mass is 32.2. The Bertz CT molecular complexity index is 240. The van der Waals surface area contributed by atoms with Crippen molar-refractivity contribution < 1.29 is 0 Å². The van der Waals surface area contributed by atoms with Crippen molar-refractivity contribution in [3.05, 3.63) is 24.3 Å². The van der Waals surface area contributed by atoms with Crippen molar-refractivity contribution in [3.63, 3.8) is 0 Å². The fraction of sp³-hybridized carbons (Fsp3) is 0.600. The number of hydrogen-bond donors (Lipinski definition) is 1. The molecule has 14 heavy (non-hydrogen) atoms. The van der Waals surface area contributed by atoms with E-state index in [9.17, 15) is 0 Å². The second kappa shape index (κ2) is 6.79. The van der Waals surface area contributed by atoms with E-state index in [1.165, 1.54) is 5.75 Å². The van der Waals surface area contributed by atoms with Gasteiger partial charge in [0.05, 0.1) is 5.69 Å². The van der Waals surface area contributed by atoms with Crippen LogP contribution in [0, 0.1) is 0 Å². The quantitative estimate of drug-likeness (QED) is 0.777. The minimum atomic E-state index is 0.530. The van der Waals surface area contributed by atoms with Crippen LogP contribution in [0.5, 0.6) is 0 Å². The lowest BCUT2D eigenvalue weighted by atomic mass is 10.3. The van der Waals surface area contributed by atoms with Crippen molar-refractivity contribution in [1.29, 1.82) is 0 Å². The molecule has 0 aliphatic carbocycles. The highest BCUT2D eigenvalue weighted by molar-refractivity contribution is 7.99. The predicted octanol–water partition coefficient (Wildman–Crippen LogP) is 1.71. The van der Waals surface area contributed by atoms with E-state index >= 15 is 0 Å². The Morgan fingerprint density at radius 2 is 2.36 bits per heavy atom. The molecular weight excluding hydrogens is 194 g/mol. The van der Waals surface area contributed by atoms with Gasteiger partial charge < -0.3 is 5.32 Å². The van der Waals surface area contributed by atoms with Gasteiger partial charge in [-0.15, -0.1) is 0 Å². The van der Waals surface area contributed by atoms with E-state index in [4.69, 9.17) is 0 Å². The fourth-order valence-electron chi connectivity index (χ4n) is 1.05. The van der Waals surface area contributed by atoms with Crippen LogP contribution < -0.4 is 5.32 Å². The summed E-state index contributed by atoms with van der Waals surface area (Å²) < 4.78 is 0. The van der Waals surface area contributed by atoms with Crippen molar-refractivity contribution >= 4 is 11.8 Å².